The maximum atomic E-state index is 12.5. The van der Waals surface area contributed by atoms with Gasteiger partial charge in [0.25, 0.3) is 5.91 Å². The monoisotopic (exact) mass is 337 g/mol. The largest absolute Gasteiger partial charge is 0.506 e. The summed E-state index contributed by atoms with van der Waals surface area (Å²) in [5.74, 6) is 0.138. The van der Waals surface area contributed by atoms with Crippen LogP contribution in [0.3, 0.4) is 0 Å². The predicted molar refractivity (Wildman–Crippen MR) is 80.1 cm³/mol. The summed E-state index contributed by atoms with van der Waals surface area (Å²) < 4.78 is 0.936. The molecule has 0 saturated carbocycles. The average molecular weight is 338 g/mol. The van der Waals surface area contributed by atoms with Gasteiger partial charge < -0.3 is 10.0 Å². The van der Waals surface area contributed by atoms with E-state index in [4.69, 9.17) is 0 Å². The molecule has 1 aliphatic heterocycles. The molecular weight excluding hydrogens is 326 g/mol. The number of para-hydroxylation sites is 1. The van der Waals surface area contributed by atoms with Crippen LogP contribution in [0.15, 0.2) is 34.1 Å². The second kappa shape index (κ2) is 4.98. The quantitative estimate of drug-likeness (QED) is 0.859. The average Bonchev–Trinajstić information content (AvgIpc) is 2.84. The van der Waals surface area contributed by atoms with Crippen LogP contribution in [0.5, 0.6) is 5.75 Å². The number of aryl methyl sites for hydroxylation is 1. The minimum absolute atomic E-state index is 0.0434. The summed E-state index contributed by atoms with van der Waals surface area (Å²) in [5, 5.41) is 10.0. The molecule has 0 atom stereocenters. The summed E-state index contributed by atoms with van der Waals surface area (Å²) in [6, 6.07) is 9.11. The third-order valence-corrected chi connectivity index (χ3v) is 4.84. The number of thiophene rings is 1. The van der Waals surface area contributed by atoms with Crippen molar-refractivity contribution < 1.29 is 9.90 Å². The molecule has 0 saturated heterocycles. The third kappa shape index (κ3) is 2.28. The fraction of sp³-hybridized carbons (Fsp3) is 0.214. The number of rotatable bonds is 1. The number of nitrogens with zero attached hydrogens (tertiary/aromatic N) is 1. The molecule has 0 radical (unpaired) electrons. The molecule has 3 nitrogen and oxygen atoms in total. The van der Waals surface area contributed by atoms with Crippen molar-refractivity contribution >= 4 is 38.9 Å². The minimum Gasteiger partial charge on any atom is -0.506 e. The standard InChI is InChI=1S/C14H12BrNO2S/c15-12-7-6-11(19-12)14(18)16-8-2-4-9-3-1-5-10(17)13(9)16/h1,3,5-7,17H,2,4,8H2. The molecule has 0 fully saturated rings. The molecule has 2 aromatic rings. The summed E-state index contributed by atoms with van der Waals surface area (Å²) in [6.07, 6.45) is 1.83. The van der Waals surface area contributed by atoms with Crippen LogP contribution in [-0.2, 0) is 6.42 Å². The van der Waals surface area contributed by atoms with Gasteiger partial charge >= 0.3 is 0 Å². The number of carbonyl (C=O) groups excluding carboxylic acids is 1. The lowest BCUT2D eigenvalue weighted by Crippen LogP contribution is -2.35. The van der Waals surface area contributed by atoms with E-state index in [1.165, 1.54) is 11.3 Å². The van der Waals surface area contributed by atoms with Crippen molar-refractivity contribution in [2.45, 2.75) is 12.8 Å². The molecule has 1 aromatic heterocycles. The van der Waals surface area contributed by atoms with Gasteiger partial charge in [-0.25, -0.2) is 0 Å². The van der Waals surface area contributed by atoms with Crippen LogP contribution in [-0.4, -0.2) is 17.6 Å². The number of phenolic OH excluding ortho intramolecular Hbond substituents is 1. The van der Waals surface area contributed by atoms with Gasteiger partial charge in [0.15, 0.2) is 0 Å². The lowest BCUT2D eigenvalue weighted by Gasteiger charge is -2.29. The Balaban J connectivity index is 2.02. The Morgan fingerprint density at radius 2 is 2.16 bits per heavy atom. The molecule has 2 heterocycles. The zero-order valence-corrected chi connectivity index (χ0v) is 12.5. The minimum atomic E-state index is -0.0434. The number of fused-ring (bicyclic) bond motifs is 1. The molecule has 1 aromatic carbocycles. The first kappa shape index (κ1) is 12.7. The van der Waals surface area contributed by atoms with Crippen molar-refractivity contribution in [1.82, 2.24) is 0 Å². The van der Waals surface area contributed by atoms with Gasteiger partial charge in [-0.3, -0.25) is 4.79 Å². The molecule has 5 heteroatoms. The molecule has 1 amide bonds. The first-order chi connectivity index (χ1) is 9.16. The van der Waals surface area contributed by atoms with Gasteiger partial charge in [0.05, 0.1) is 14.4 Å². The van der Waals surface area contributed by atoms with E-state index in [1.807, 2.05) is 24.3 Å². The molecule has 0 aliphatic carbocycles. The van der Waals surface area contributed by atoms with Crippen LogP contribution in [0.4, 0.5) is 5.69 Å². The van der Waals surface area contributed by atoms with Gasteiger partial charge in [-0.05, 0) is 52.5 Å². The number of halogens is 1. The highest BCUT2D eigenvalue weighted by molar-refractivity contribution is 9.11. The van der Waals surface area contributed by atoms with Crippen molar-refractivity contribution in [3.63, 3.8) is 0 Å². The van der Waals surface area contributed by atoms with E-state index in [-0.39, 0.29) is 11.7 Å². The maximum Gasteiger partial charge on any atom is 0.268 e. The Bertz CT molecular complexity index is 638. The van der Waals surface area contributed by atoms with Crippen LogP contribution in [0.1, 0.15) is 21.7 Å². The topological polar surface area (TPSA) is 40.5 Å². The number of hydrogen-bond donors (Lipinski definition) is 1. The fourth-order valence-electron chi connectivity index (χ4n) is 2.40. The molecule has 1 aliphatic rings. The van der Waals surface area contributed by atoms with E-state index in [0.717, 1.165) is 22.2 Å². The van der Waals surface area contributed by atoms with Gasteiger partial charge in [0, 0.05) is 6.54 Å². The van der Waals surface area contributed by atoms with Crippen molar-refractivity contribution in [1.29, 1.82) is 0 Å². The molecule has 0 spiro atoms. The van der Waals surface area contributed by atoms with Crippen molar-refractivity contribution in [2.75, 3.05) is 11.4 Å². The van der Waals surface area contributed by atoms with E-state index < -0.39 is 0 Å². The van der Waals surface area contributed by atoms with Crippen LogP contribution < -0.4 is 4.90 Å². The SMILES string of the molecule is O=C(c1ccc(Br)s1)N1CCCc2cccc(O)c21. The Hall–Kier alpha value is -1.33. The Morgan fingerprint density at radius 1 is 1.32 bits per heavy atom. The fourth-order valence-corrected chi connectivity index (χ4v) is 3.73. The normalized spacial score (nSPS) is 14.3. The molecular formula is C14H12BrNO2S. The second-order valence-electron chi connectivity index (χ2n) is 4.45. The van der Waals surface area contributed by atoms with E-state index in [1.54, 1.807) is 11.0 Å². The van der Waals surface area contributed by atoms with Crippen LogP contribution in [0.25, 0.3) is 0 Å². The van der Waals surface area contributed by atoms with Crippen LogP contribution in [0, 0.1) is 0 Å². The maximum absolute atomic E-state index is 12.5. The van der Waals surface area contributed by atoms with Crippen molar-refractivity contribution in [3.8, 4) is 5.75 Å². The van der Waals surface area contributed by atoms with Gasteiger partial charge in [0.2, 0.25) is 0 Å². The Morgan fingerprint density at radius 3 is 2.89 bits per heavy atom. The van der Waals surface area contributed by atoms with Crippen LogP contribution >= 0.6 is 27.3 Å². The summed E-state index contributed by atoms with van der Waals surface area (Å²) in [7, 11) is 0. The molecule has 3 rings (SSSR count). The van der Waals surface area contributed by atoms with E-state index in [0.29, 0.717) is 17.1 Å². The highest BCUT2D eigenvalue weighted by Gasteiger charge is 2.26. The number of carbonyl (C=O) groups is 1. The Kier molecular flexibility index (Phi) is 3.33. The second-order valence-corrected chi connectivity index (χ2v) is 6.91. The first-order valence-electron chi connectivity index (χ1n) is 6.05. The van der Waals surface area contributed by atoms with E-state index in [9.17, 15) is 9.90 Å². The van der Waals surface area contributed by atoms with Crippen LogP contribution in [0.2, 0.25) is 0 Å². The summed E-state index contributed by atoms with van der Waals surface area (Å²) in [4.78, 5) is 14.9. The first-order valence-corrected chi connectivity index (χ1v) is 7.66. The zero-order valence-electron chi connectivity index (χ0n) is 10.1. The molecule has 0 unspecified atom stereocenters. The summed E-state index contributed by atoms with van der Waals surface area (Å²) >= 11 is 4.78. The van der Waals surface area contributed by atoms with E-state index in [2.05, 4.69) is 15.9 Å². The number of aromatic hydroxyl groups is 1. The van der Waals surface area contributed by atoms with Gasteiger partial charge in [-0.2, -0.15) is 0 Å². The highest BCUT2D eigenvalue weighted by Crippen LogP contribution is 2.37. The lowest BCUT2D eigenvalue weighted by molar-refractivity contribution is 0.0988. The number of amides is 1. The molecule has 98 valence electrons. The van der Waals surface area contributed by atoms with Gasteiger partial charge in [-0.1, -0.05) is 12.1 Å². The highest BCUT2D eigenvalue weighted by atomic mass is 79.9. The van der Waals surface area contributed by atoms with Crippen molar-refractivity contribution in [3.05, 3.63) is 44.6 Å². The smallest absolute Gasteiger partial charge is 0.268 e. The van der Waals surface area contributed by atoms with Gasteiger partial charge in [-0.15, -0.1) is 11.3 Å². The predicted octanol–water partition coefficient (Wildman–Crippen LogP) is 3.81. The third-order valence-electron chi connectivity index (χ3n) is 3.23. The zero-order chi connectivity index (χ0) is 13.4. The number of phenols is 1. The van der Waals surface area contributed by atoms with E-state index >= 15 is 0 Å². The van der Waals surface area contributed by atoms with Crippen molar-refractivity contribution in [2.24, 2.45) is 0 Å². The Labute approximate surface area is 123 Å². The summed E-state index contributed by atoms with van der Waals surface area (Å²) in [5.41, 5.74) is 1.71. The molecule has 1 N–H and O–H groups in total. The summed E-state index contributed by atoms with van der Waals surface area (Å²) in [6.45, 7) is 0.652. The lowest BCUT2D eigenvalue weighted by atomic mass is 10.0. The number of benzene rings is 1. The molecule has 19 heavy (non-hydrogen) atoms. The number of hydrogen-bond acceptors (Lipinski definition) is 3. The number of anilines is 1. The molecule has 0 bridgehead atoms. The van der Waals surface area contributed by atoms with Gasteiger partial charge in [0.1, 0.15) is 5.75 Å².